The fourth-order valence-corrected chi connectivity index (χ4v) is 4.51. The van der Waals surface area contributed by atoms with Crippen molar-refractivity contribution in [3.63, 3.8) is 0 Å². The molecule has 10 heteroatoms. The molecule has 2 aliphatic rings. The number of aromatic nitrogens is 3. The standard InChI is InChI=1S/C17H15Cl2N5O2S/c18-11-7-9(8-12(19)13(11)25)6-10-14(20)24-16(21-15(10)26)27-17(22-24)23-4-2-1-3-5-23/h6-8H,1-5,20H2. The predicted molar refractivity (Wildman–Crippen MR) is 108 cm³/mol. The third kappa shape index (κ3) is 3.40. The van der Waals surface area contributed by atoms with Crippen molar-refractivity contribution in [3.05, 3.63) is 43.7 Å². The topological polar surface area (TPSA) is 93.6 Å². The van der Waals surface area contributed by atoms with Gasteiger partial charge < -0.3 is 10.6 Å². The molecule has 2 aromatic rings. The number of halogens is 2. The zero-order chi connectivity index (χ0) is 19.1. The normalized spacial score (nSPS) is 17.9. The van der Waals surface area contributed by atoms with Gasteiger partial charge in [0.25, 0.3) is 5.56 Å². The molecule has 0 aromatic carbocycles. The highest BCUT2D eigenvalue weighted by molar-refractivity contribution is 7.20. The molecule has 27 heavy (non-hydrogen) atoms. The second kappa shape index (κ2) is 7.10. The van der Waals surface area contributed by atoms with E-state index in [9.17, 15) is 9.59 Å². The Kier molecular flexibility index (Phi) is 4.79. The van der Waals surface area contributed by atoms with Crippen molar-refractivity contribution in [1.82, 2.24) is 14.6 Å². The first-order valence-corrected chi connectivity index (χ1v) is 9.96. The number of rotatable bonds is 2. The van der Waals surface area contributed by atoms with Gasteiger partial charge in [-0.3, -0.25) is 9.59 Å². The molecule has 1 saturated heterocycles. The molecule has 7 nitrogen and oxygen atoms in total. The van der Waals surface area contributed by atoms with Crippen LogP contribution in [0.3, 0.4) is 0 Å². The number of nitrogens with two attached hydrogens (primary N) is 1. The molecule has 0 atom stereocenters. The van der Waals surface area contributed by atoms with Gasteiger partial charge in [-0.1, -0.05) is 34.5 Å². The number of allylic oxidation sites excluding steroid dienone is 5. The zero-order valence-electron chi connectivity index (χ0n) is 14.1. The first kappa shape index (κ1) is 18.2. The lowest BCUT2D eigenvalue weighted by molar-refractivity contribution is -0.111. The summed E-state index contributed by atoms with van der Waals surface area (Å²) >= 11 is 13.1. The Balaban J connectivity index is 1.79. The minimum atomic E-state index is -0.472. The second-order valence-corrected chi connectivity index (χ2v) is 8.05. The largest absolute Gasteiger partial charge is 0.383 e. The van der Waals surface area contributed by atoms with Gasteiger partial charge in [-0.15, -0.1) is 5.10 Å². The van der Waals surface area contributed by atoms with Gasteiger partial charge in [-0.2, -0.15) is 9.50 Å². The molecule has 0 bridgehead atoms. The number of Topliss-reactive ketones (excluding diaryl/α,β-unsaturated/α-hetero) is 1. The molecule has 2 aromatic heterocycles. The lowest BCUT2D eigenvalue weighted by Gasteiger charge is -2.25. The van der Waals surface area contributed by atoms with Crippen LogP contribution in [-0.4, -0.2) is 33.5 Å². The number of ketones is 1. The average Bonchev–Trinajstić information content (AvgIpc) is 3.08. The van der Waals surface area contributed by atoms with E-state index in [1.54, 1.807) is 0 Å². The third-order valence-electron chi connectivity index (χ3n) is 4.44. The van der Waals surface area contributed by atoms with E-state index in [1.165, 1.54) is 40.5 Å². The predicted octanol–water partition coefficient (Wildman–Crippen LogP) is 2.94. The van der Waals surface area contributed by atoms with E-state index < -0.39 is 11.3 Å². The van der Waals surface area contributed by atoms with Crippen molar-refractivity contribution in [2.24, 2.45) is 0 Å². The van der Waals surface area contributed by atoms with E-state index in [0.717, 1.165) is 31.1 Å². The van der Waals surface area contributed by atoms with Gasteiger partial charge in [0, 0.05) is 13.1 Å². The van der Waals surface area contributed by atoms with Crippen LogP contribution in [0.5, 0.6) is 0 Å². The van der Waals surface area contributed by atoms with Gasteiger partial charge in [-0.25, -0.2) is 0 Å². The minimum absolute atomic E-state index is 0.0255. The maximum atomic E-state index is 12.5. The van der Waals surface area contributed by atoms with E-state index in [2.05, 4.69) is 15.0 Å². The maximum Gasteiger partial charge on any atom is 0.283 e. The molecule has 0 unspecified atom stereocenters. The van der Waals surface area contributed by atoms with Crippen LogP contribution in [0.4, 0.5) is 10.9 Å². The Labute approximate surface area is 168 Å². The van der Waals surface area contributed by atoms with E-state index >= 15 is 0 Å². The van der Waals surface area contributed by atoms with Crippen LogP contribution in [0.1, 0.15) is 24.8 Å². The number of hydrogen-bond acceptors (Lipinski definition) is 7. The summed E-state index contributed by atoms with van der Waals surface area (Å²) in [5.41, 5.74) is 6.40. The second-order valence-electron chi connectivity index (χ2n) is 6.30. The molecule has 0 amide bonds. The Bertz CT molecular complexity index is 1070. The summed E-state index contributed by atoms with van der Waals surface area (Å²) in [6.45, 7) is 1.87. The van der Waals surface area contributed by atoms with Gasteiger partial charge in [-0.05, 0) is 43.1 Å². The number of carbonyl (C=O) groups is 1. The van der Waals surface area contributed by atoms with Gasteiger partial charge in [0.05, 0.1) is 15.6 Å². The van der Waals surface area contributed by atoms with Crippen LogP contribution in [0, 0.1) is 0 Å². The van der Waals surface area contributed by atoms with Crippen LogP contribution in [0.2, 0.25) is 0 Å². The van der Waals surface area contributed by atoms with Crippen LogP contribution in [-0.2, 0) is 4.79 Å². The number of hydrogen-bond donors (Lipinski definition) is 1. The average molecular weight is 424 g/mol. The Hall–Kier alpha value is -2.16. The van der Waals surface area contributed by atoms with Gasteiger partial charge in [0.1, 0.15) is 5.82 Å². The Morgan fingerprint density at radius 3 is 2.44 bits per heavy atom. The fourth-order valence-electron chi connectivity index (χ4n) is 3.05. The molecular weight excluding hydrogens is 409 g/mol. The quantitative estimate of drug-likeness (QED) is 0.797. The first-order valence-electron chi connectivity index (χ1n) is 8.39. The Morgan fingerprint density at radius 1 is 1.11 bits per heavy atom. The zero-order valence-corrected chi connectivity index (χ0v) is 16.4. The smallest absolute Gasteiger partial charge is 0.283 e. The molecule has 2 N–H and O–H groups in total. The fraction of sp³-hybridized carbons (Fsp3) is 0.294. The molecule has 3 heterocycles. The molecule has 1 aliphatic heterocycles. The van der Waals surface area contributed by atoms with Crippen molar-refractivity contribution < 1.29 is 4.79 Å². The van der Waals surface area contributed by atoms with E-state index in [-0.39, 0.29) is 21.4 Å². The van der Waals surface area contributed by atoms with E-state index in [4.69, 9.17) is 28.9 Å². The van der Waals surface area contributed by atoms with Gasteiger partial charge >= 0.3 is 0 Å². The number of piperidine rings is 1. The number of nitrogen functional groups attached to an aromatic ring is 1. The van der Waals surface area contributed by atoms with E-state index in [0.29, 0.717) is 10.5 Å². The molecule has 0 spiro atoms. The molecule has 0 radical (unpaired) electrons. The van der Waals surface area contributed by atoms with Crippen molar-refractivity contribution in [1.29, 1.82) is 0 Å². The highest BCUT2D eigenvalue weighted by Crippen LogP contribution is 2.28. The number of fused-ring (bicyclic) bond motifs is 1. The highest BCUT2D eigenvalue weighted by Gasteiger charge is 2.20. The summed E-state index contributed by atoms with van der Waals surface area (Å²) in [6.07, 6.45) is 7.83. The van der Waals surface area contributed by atoms with E-state index in [1.807, 2.05) is 0 Å². The van der Waals surface area contributed by atoms with Crippen molar-refractivity contribution in [3.8, 4) is 0 Å². The van der Waals surface area contributed by atoms with Gasteiger partial charge in [0.2, 0.25) is 15.9 Å². The molecule has 0 saturated carbocycles. The lowest BCUT2D eigenvalue weighted by atomic mass is 10.1. The SMILES string of the molecule is Nc1c(C=C2C=C(Cl)C(=O)C(Cl)=C2)c(=O)nc2sc(N3CCCCC3)nn12. The number of anilines is 2. The van der Waals surface area contributed by atoms with Crippen LogP contribution in [0.15, 0.2) is 32.6 Å². The lowest BCUT2D eigenvalue weighted by Crippen LogP contribution is -2.29. The van der Waals surface area contributed by atoms with Crippen molar-refractivity contribution >= 4 is 62.3 Å². The molecule has 140 valence electrons. The summed E-state index contributed by atoms with van der Waals surface area (Å²) in [7, 11) is 0. The van der Waals surface area contributed by atoms with Crippen LogP contribution < -0.4 is 16.2 Å². The Morgan fingerprint density at radius 2 is 1.78 bits per heavy atom. The van der Waals surface area contributed by atoms with Crippen LogP contribution in [0.25, 0.3) is 11.0 Å². The number of carbonyl (C=O) groups excluding carboxylic acids is 1. The summed E-state index contributed by atoms with van der Waals surface area (Å²) in [6, 6.07) is 0. The van der Waals surface area contributed by atoms with Crippen molar-refractivity contribution in [2.45, 2.75) is 19.3 Å². The number of nitrogens with zero attached hydrogens (tertiary/aromatic N) is 4. The summed E-state index contributed by atoms with van der Waals surface area (Å²) in [4.78, 5) is 30.9. The monoisotopic (exact) mass is 423 g/mol. The minimum Gasteiger partial charge on any atom is -0.383 e. The molecule has 4 rings (SSSR count). The third-order valence-corrected chi connectivity index (χ3v) is 5.97. The maximum absolute atomic E-state index is 12.5. The highest BCUT2D eigenvalue weighted by atomic mass is 35.5. The van der Waals surface area contributed by atoms with Gasteiger partial charge in [0.15, 0.2) is 0 Å². The summed E-state index contributed by atoms with van der Waals surface area (Å²) < 4.78 is 1.48. The van der Waals surface area contributed by atoms with Crippen LogP contribution >= 0.6 is 34.5 Å². The molecule has 1 aliphatic carbocycles. The molecular formula is C17H15Cl2N5O2S. The molecule has 1 fully saturated rings. The summed E-state index contributed by atoms with van der Waals surface area (Å²) in [5, 5.41) is 5.29. The van der Waals surface area contributed by atoms with Crippen molar-refractivity contribution in [2.75, 3.05) is 23.7 Å². The first-order chi connectivity index (χ1) is 12.9. The summed E-state index contributed by atoms with van der Waals surface area (Å²) in [5.74, 6) is -0.276.